The molecular formula is C22H28ClN3O. The summed E-state index contributed by atoms with van der Waals surface area (Å²) in [5, 5.41) is 0.777. The van der Waals surface area contributed by atoms with Gasteiger partial charge in [0.1, 0.15) is 0 Å². The molecule has 4 nitrogen and oxygen atoms in total. The number of carbonyl (C=O) groups is 1. The highest BCUT2D eigenvalue weighted by Crippen LogP contribution is 2.38. The van der Waals surface area contributed by atoms with Crippen LogP contribution in [0.15, 0.2) is 24.3 Å². The summed E-state index contributed by atoms with van der Waals surface area (Å²) in [6, 6.07) is 8.76. The van der Waals surface area contributed by atoms with E-state index in [2.05, 4.69) is 47.3 Å². The molecule has 1 aromatic carbocycles. The summed E-state index contributed by atoms with van der Waals surface area (Å²) in [5.41, 5.74) is 5.73. The molecule has 0 atom stereocenters. The van der Waals surface area contributed by atoms with Crippen molar-refractivity contribution < 1.29 is 4.79 Å². The number of hydrogen-bond acceptors (Lipinski definition) is 3. The number of aryl methyl sites for hydroxylation is 2. The normalized spacial score (nSPS) is 18.1. The Bertz CT molecular complexity index is 861. The summed E-state index contributed by atoms with van der Waals surface area (Å²) >= 11 is 6.17. The minimum Gasteiger partial charge on any atom is -0.369 e. The lowest BCUT2D eigenvalue weighted by Gasteiger charge is -2.36. The number of aromatic nitrogens is 1. The number of rotatable bonds is 5. The van der Waals surface area contributed by atoms with Crippen molar-refractivity contribution in [2.24, 2.45) is 0 Å². The van der Waals surface area contributed by atoms with Gasteiger partial charge in [-0.15, -0.1) is 0 Å². The van der Waals surface area contributed by atoms with Gasteiger partial charge >= 0.3 is 0 Å². The number of nitrogens with zero attached hydrogens (tertiary/aromatic N) is 3. The van der Waals surface area contributed by atoms with Crippen molar-refractivity contribution in [3.8, 4) is 0 Å². The third-order valence-corrected chi connectivity index (χ3v) is 6.18. The van der Waals surface area contributed by atoms with E-state index in [9.17, 15) is 4.79 Å². The Labute approximate surface area is 166 Å². The summed E-state index contributed by atoms with van der Waals surface area (Å²) in [5.74, 6) is 0.252. The number of hydrogen-bond donors (Lipinski definition) is 0. The van der Waals surface area contributed by atoms with Gasteiger partial charge in [-0.2, -0.15) is 0 Å². The maximum absolute atomic E-state index is 12.9. The smallest absolute Gasteiger partial charge is 0.178 e. The van der Waals surface area contributed by atoms with Crippen molar-refractivity contribution in [3.63, 3.8) is 0 Å². The lowest BCUT2D eigenvalue weighted by Crippen LogP contribution is -2.48. The number of halogens is 1. The zero-order valence-electron chi connectivity index (χ0n) is 16.5. The van der Waals surface area contributed by atoms with Crippen molar-refractivity contribution in [1.82, 2.24) is 9.47 Å². The second-order valence-corrected chi connectivity index (χ2v) is 8.44. The molecule has 1 aliphatic heterocycles. The lowest BCUT2D eigenvalue weighted by atomic mass is 10.1. The van der Waals surface area contributed by atoms with Crippen LogP contribution in [0.5, 0.6) is 0 Å². The minimum absolute atomic E-state index is 0.252. The molecule has 0 unspecified atom stereocenters. The molecule has 1 aromatic heterocycles. The van der Waals surface area contributed by atoms with E-state index in [4.69, 9.17) is 11.6 Å². The topological polar surface area (TPSA) is 28.5 Å². The Morgan fingerprint density at radius 2 is 1.78 bits per heavy atom. The highest BCUT2D eigenvalue weighted by Gasteiger charge is 2.29. The van der Waals surface area contributed by atoms with Crippen molar-refractivity contribution in [3.05, 3.63) is 51.8 Å². The molecule has 0 amide bonds. The Balaban J connectivity index is 1.39. The van der Waals surface area contributed by atoms with Gasteiger partial charge in [-0.25, -0.2) is 0 Å². The van der Waals surface area contributed by atoms with E-state index in [-0.39, 0.29) is 5.78 Å². The third-order valence-electron chi connectivity index (χ3n) is 5.95. The van der Waals surface area contributed by atoms with E-state index in [0.29, 0.717) is 12.6 Å². The zero-order valence-corrected chi connectivity index (χ0v) is 17.2. The predicted octanol–water partition coefficient (Wildman–Crippen LogP) is 4.41. The first-order valence-corrected chi connectivity index (χ1v) is 10.3. The molecule has 1 saturated carbocycles. The Hall–Kier alpha value is -1.78. The van der Waals surface area contributed by atoms with Crippen LogP contribution in [0.1, 0.15) is 46.2 Å². The van der Waals surface area contributed by atoms with Crippen LogP contribution >= 0.6 is 11.6 Å². The molecule has 2 heterocycles. The Kier molecular flexibility index (Phi) is 5.04. The quantitative estimate of drug-likeness (QED) is 0.714. The average Bonchev–Trinajstić information content (AvgIpc) is 3.42. The molecule has 2 aliphatic rings. The first kappa shape index (κ1) is 18.6. The molecule has 4 rings (SSSR count). The van der Waals surface area contributed by atoms with Crippen molar-refractivity contribution in [2.75, 3.05) is 37.6 Å². The number of anilines is 1. The maximum atomic E-state index is 12.9. The monoisotopic (exact) mass is 385 g/mol. The third kappa shape index (κ3) is 3.78. The summed E-state index contributed by atoms with van der Waals surface area (Å²) in [4.78, 5) is 17.6. The molecule has 0 N–H and O–H groups in total. The number of ketones is 1. The van der Waals surface area contributed by atoms with Crippen molar-refractivity contribution in [2.45, 2.75) is 39.7 Å². The van der Waals surface area contributed by atoms with Crippen LogP contribution in [0.25, 0.3) is 0 Å². The fraction of sp³-hybridized carbons (Fsp3) is 0.500. The average molecular weight is 386 g/mol. The van der Waals surface area contributed by atoms with Gasteiger partial charge in [-0.3, -0.25) is 9.69 Å². The van der Waals surface area contributed by atoms with Gasteiger partial charge in [0.05, 0.1) is 6.54 Å². The van der Waals surface area contributed by atoms with E-state index in [0.717, 1.165) is 42.5 Å². The van der Waals surface area contributed by atoms with Gasteiger partial charge in [0, 0.05) is 59.9 Å². The van der Waals surface area contributed by atoms with Crippen molar-refractivity contribution in [1.29, 1.82) is 0 Å². The lowest BCUT2D eigenvalue weighted by molar-refractivity contribution is 0.0925. The van der Waals surface area contributed by atoms with Crippen LogP contribution in [0.2, 0.25) is 5.02 Å². The molecule has 1 aliphatic carbocycles. The first-order valence-electron chi connectivity index (χ1n) is 9.89. The van der Waals surface area contributed by atoms with Crippen LogP contribution in [0, 0.1) is 20.8 Å². The number of piperazine rings is 1. The van der Waals surface area contributed by atoms with Gasteiger partial charge in [0.2, 0.25) is 0 Å². The SMILES string of the molecule is Cc1ccc(Cl)cc1N1CCN(CC(=O)c2cc(C)n(C3CC3)c2C)CC1. The summed E-state index contributed by atoms with van der Waals surface area (Å²) in [7, 11) is 0. The van der Waals surface area contributed by atoms with Gasteiger partial charge in [-0.1, -0.05) is 17.7 Å². The molecule has 2 fully saturated rings. The standard InChI is InChI=1S/C22H28ClN3O/c1-15-4-5-18(23)13-21(15)25-10-8-24(9-11-25)14-22(27)20-12-16(2)26(17(20)3)19-6-7-19/h4-5,12-13,19H,6-11,14H2,1-3H3. The summed E-state index contributed by atoms with van der Waals surface area (Å²) in [6.07, 6.45) is 2.49. The fourth-order valence-electron chi connectivity index (χ4n) is 4.31. The molecular weight excluding hydrogens is 358 g/mol. The largest absolute Gasteiger partial charge is 0.369 e. The van der Waals surface area contributed by atoms with Crippen molar-refractivity contribution >= 4 is 23.1 Å². The second kappa shape index (κ2) is 7.33. The molecule has 27 heavy (non-hydrogen) atoms. The molecule has 0 spiro atoms. The van der Waals surface area contributed by atoms with Gasteiger partial charge < -0.3 is 9.47 Å². The Morgan fingerprint density at radius 3 is 2.44 bits per heavy atom. The molecule has 0 bridgehead atoms. The van der Waals surface area contributed by atoms with Crippen LogP contribution in [0.4, 0.5) is 5.69 Å². The van der Waals surface area contributed by atoms with Crippen LogP contribution in [-0.4, -0.2) is 48.0 Å². The maximum Gasteiger partial charge on any atom is 0.178 e. The number of benzene rings is 1. The zero-order chi connectivity index (χ0) is 19.1. The van der Waals surface area contributed by atoms with Crippen LogP contribution < -0.4 is 4.90 Å². The van der Waals surface area contributed by atoms with E-state index in [1.807, 2.05) is 12.1 Å². The van der Waals surface area contributed by atoms with Crippen LogP contribution in [-0.2, 0) is 0 Å². The van der Waals surface area contributed by atoms with Gasteiger partial charge in [-0.05, 0) is 57.4 Å². The summed E-state index contributed by atoms with van der Waals surface area (Å²) < 4.78 is 2.35. The highest BCUT2D eigenvalue weighted by molar-refractivity contribution is 6.30. The summed E-state index contributed by atoms with van der Waals surface area (Å²) in [6.45, 7) is 10.5. The van der Waals surface area contributed by atoms with E-state index in [1.54, 1.807) is 0 Å². The Morgan fingerprint density at radius 1 is 1.07 bits per heavy atom. The second-order valence-electron chi connectivity index (χ2n) is 8.00. The number of Topliss-reactive ketones (excluding diaryl/α,β-unsaturated/α-hetero) is 1. The first-order chi connectivity index (χ1) is 12.9. The molecule has 2 aromatic rings. The fourth-order valence-corrected chi connectivity index (χ4v) is 4.48. The minimum atomic E-state index is 0.252. The van der Waals surface area contributed by atoms with E-state index in [1.165, 1.54) is 29.8 Å². The molecule has 0 radical (unpaired) electrons. The molecule has 5 heteroatoms. The predicted molar refractivity (Wildman–Crippen MR) is 111 cm³/mol. The molecule has 144 valence electrons. The highest BCUT2D eigenvalue weighted by atomic mass is 35.5. The number of carbonyl (C=O) groups excluding carboxylic acids is 1. The van der Waals surface area contributed by atoms with E-state index < -0.39 is 0 Å². The molecule has 1 saturated heterocycles. The van der Waals surface area contributed by atoms with Crippen LogP contribution in [0.3, 0.4) is 0 Å². The van der Waals surface area contributed by atoms with Gasteiger partial charge in [0.15, 0.2) is 5.78 Å². The van der Waals surface area contributed by atoms with Gasteiger partial charge in [0.25, 0.3) is 0 Å². The van der Waals surface area contributed by atoms with E-state index >= 15 is 0 Å².